The van der Waals surface area contributed by atoms with E-state index in [1.807, 2.05) is 6.92 Å². The quantitative estimate of drug-likeness (QED) is 0.410. The lowest BCUT2D eigenvalue weighted by Gasteiger charge is -2.21. The van der Waals surface area contributed by atoms with Gasteiger partial charge in [-0.25, -0.2) is 8.42 Å². The van der Waals surface area contributed by atoms with Gasteiger partial charge in [0.25, 0.3) is 0 Å². The minimum absolute atomic E-state index is 0.0170. The fourth-order valence-electron chi connectivity index (χ4n) is 3.78. The van der Waals surface area contributed by atoms with Crippen LogP contribution in [0.25, 0.3) is 0 Å². The van der Waals surface area contributed by atoms with Gasteiger partial charge in [-0.1, -0.05) is 12.1 Å². The minimum atomic E-state index is -3.99. The van der Waals surface area contributed by atoms with Gasteiger partial charge < -0.3 is 15.6 Å². The molecule has 0 saturated carbocycles. The predicted molar refractivity (Wildman–Crippen MR) is 125 cm³/mol. The molecule has 1 saturated heterocycles. The molecule has 180 valence electrons. The average molecular weight is 488 g/mol. The molecule has 1 heterocycles. The SMILES string of the molecule is CCOc1ccc(S(=O)(=O)N2CC(C=Nc3ccccc3C(=[NH2+])CC(=O)O)C[C@H]2C(N)=O)cc1. The molecule has 2 atom stereocenters. The monoisotopic (exact) mass is 487 g/mol. The maximum absolute atomic E-state index is 13.2. The van der Waals surface area contributed by atoms with Gasteiger partial charge in [0.2, 0.25) is 15.9 Å². The number of rotatable bonds is 10. The van der Waals surface area contributed by atoms with Crippen LogP contribution in [0.4, 0.5) is 5.69 Å². The van der Waals surface area contributed by atoms with Crippen LogP contribution >= 0.6 is 0 Å². The van der Waals surface area contributed by atoms with E-state index in [0.717, 1.165) is 4.31 Å². The van der Waals surface area contributed by atoms with Crippen molar-refractivity contribution in [2.24, 2.45) is 16.6 Å². The maximum atomic E-state index is 13.2. The molecule has 0 bridgehead atoms. The van der Waals surface area contributed by atoms with Crippen LogP contribution in [-0.4, -0.2) is 60.8 Å². The first-order chi connectivity index (χ1) is 16.1. The Labute approximate surface area is 197 Å². The highest BCUT2D eigenvalue weighted by Gasteiger charge is 2.42. The number of sulfonamides is 1. The summed E-state index contributed by atoms with van der Waals surface area (Å²) in [6, 6.07) is 11.7. The van der Waals surface area contributed by atoms with E-state index in [1.165, 1.54) is 12.1 Å². The lowest BCUT2D eigenvalue weighted by molar-refractivity contribution is -0.139. The van der Waals surface area contributed by atoms with Crippen molar-refractivity contribution in [2.45, 2.75) is 30.7 Å². The van der Waals surface area contributed by atoms with Crippen LogP contribution in [0.5, 0.6) is 5.75 Å². The van der Waals surface area contributed by atoms with Gasteiger partial charge in [0.05, 0.1) is 22.8 Å². The summed E-state index contributed by atoms with van der Waals surface area (Å²) in [4.78, 5) is 27.5. The van der Waals surface area contributed by atoms with E-state index < -0.39 is 27.9 Å². The molecule has 3 rings (SSSR count). The number of nitrogens with two attached hydrogens (primary N) is 2. The summed E-state index contributed by atoms with van der Waals surface area (Å²) in [6.07, 6.45) is 1.38. The Bertz CT molecular complexity index is 1210. The van der Waals surface area contributed by atoms with Crippen LogP contribution in [0.1, 0.15) is 25.3 Å². The molecule has 0 radical (unpaired) electrons. The highest BCUT2D eigenvalue weighted by molar-refractivity contribution is 7.89. The number of nitrogens with zero attached hydrogens (tertiary/aromatic N) is 2. The molecule has 5 N–H and O–H groups in total. The lowest BCUT2D eigenvalue weighted by atomic mass is 10.0. The first-order valence-corrected chi connectivity index (χ1v) is 12.1. The van der Waals surface area contributed by atoms with Crippen molar-refractivity contribution in [3.8, 4) is 5.75 Å². The van der Waals surface area contributed by atoms with Crippen molar-refractivity contribution < 1.29 is 33.3 Å². The minimum Gasteiger partial charge on any atom is -0.494 e. The molecule has 2 aromatic rings. The molecular weight excluding hydrogens is 460 g/mol. The largest absolute Gasteiger partial charge is 0.494 e. The molecule has 34 heavy (non-hydrogen) atoms. The molecule has 1 unspecified atom stereocenters. The Morgan fingerprint density at radius 2 is 1.91 bits per heavy atom. The van der Waals surface area contributed by atoms with Crippen molar-refractivity contribution in [3.05, 3.63) is 54.1 Å². The maximum Gasteiger partial charge on any atom is 0.314 e. The van der Waals surface area contributed by atoms with Gasteiger partial charge in [0, 0.05) is 18.7 Å². The Balaban J connectivity index is 1.83. The van der Waals surface area contributed by atoms with Gasteiger partial charge in [0.1, 0.15) is 18.2 Å². The number of primary amides is 1. The molecule has 0 aromatic heterocycles. The van der Waals surface area contributed by atoms with Gasteiger partial charge in [-0.15, -0.1) is 0 Å². The smallest absolute Gasteiger partial charge is 0.314 e. The van der Waals surface area contributed by atoms with E-state index in [2.05, 4.69) is 4.99 Å². The summed E-state index contributed by atoms with van der Waals surface area (Å²) < 4.78 is 32.9. The first-order valence-electron chi connectivity index (χ1n) is 10.6. The third-order valence-electron chi connectivity index (χ3n) is 5.37. The van der Waals surface area contributed by atoms with Crippen molar-refractivity contribution in [2.75, 3.05) is 13.2 Å². The second-order valence-electron chi connectivity index (χ2n) is 7.78. The van der Waals surface area contributed by atoms with E-state index >= 15 is 0 Å². The molecular formula is C23H27N4O6S+. The number of amides is 1. The molecule has 10 nitrogen and oxygen atoms in total. The highest BCUT2D eigenvalue weighted by Crippen LogP contribution is 2.30. The summed E-state index contributed by atoms with van der Waals surface area (Å²) in [7, 11) is -3.99. The second-order valence-corrected chi connectivity index (χ2v) is 9.67. The molecule has 1 aliphatic rings. The van der Waals surface area contributed by atoms with Crippen LogP contribution in [0.2, 0.25) is 0 Å². The standard InChI is InChI=1S/C23H26N4O6S/c1-2-33-16-7-9-17(10-8-16)34(31,32)27-14-15(11-21(27)23(25)30)13-26-20-6-4-3-5-18(20)19(24)12-22(28)29/h3-10,13,15,21,24H,2,11-12,14H2,1H3,(H2,25,30)(H,28,29)/p+1/t15?,21-/m0/s1. The number of hydrogen-bond donors (Lipinski definition) is 3. The van der Waals surface area contributed by atoms with E-state index in [0.29, 0.717) is 23.6 Å². The fourth-order valence-corrected chi connectivity index (χ4v) is 5.44. The Morgan fingerprint density at radius 1 is 1.24 bits per heavy atom. The second kappa shape index (κ2) is 10.6. The van der Waals surface area contributed by atoms with Gasteiger partial charge in [0.15, 0.2) is 5.71 Å². The van der Waals surface area contributed by atoms with Gasteiger partial charge in [-0.05, 0) is 49.7 Å². The Morgan fingerprint density at radius 3 is 2.53 bits per heavy atom. The lowest BCUT2D eigenvalue weighted by Crippen LogP contribution is -2.43. The normalized spacial score (nSPS) is 18.7. The topological polar surface area (TPSA) is 165 Å². The van der Waals surface area contributed by atoms with Gasteiger partial charge >= 0.3 is 5.97 Å². The summed E-state index contributed by atoms with van der Waals surface area (Å²) in [5.41, 5.74) is 6.60. The zero-order valence-electron chi connectivity index (χ0n) is 18.6. The molecule has 1 aliphatic heterocycles. The summed E-state index contributed by atoms with van der Waals surface area (Å²) in [6.45, 7) is 2.29. The van der Waals surface area contributed by atoms with E-state index in [-0.39, 0.29) is 35.9 Å². The summed E-state index contributed by atoms with van der Waals surface area (Å²) in [5, 5.41) is 14.9. The molecule has 2 aromatic carbocycles. The first kappa shape index (κ1) is 25.1. The molecule has 1 fully saturated rings. The summed E-state index contributed by atoms with van der Waals surface area (Å²) in [5.74, 6) is -1.66. The molecule has 11 heteroatoms. The van der Waals surface area contributed by atoms with Crippen molar-refractivity contribution in [1.29, 1.82) is 0 Å². The van der Waals surface area contributed by atoms with E-state index in [4.69, 9.17) is 21.0 Å². The molecule has 1 amide bonds. The number of benzene rings is 2. The number of aliphatic imine (C=N–C) groups is 1. The van der Waals surface area contributed by atoms with Crippen LogP contribution in [-0.2, 0) is 19.6 Å². The number of hydrogen-bond acceptors (Lipinski definition) is 6. The number of carbonyl (C=O) groups is 2. The number of ether oxygens (including phenoxy) is 1. The number of carboxylic acids is 1. The predicted octanol–water partition coefficient (Wildman–Crippen LogP) is 0.375. The molecule has 0 spiro atoms. The third-order valence-corrected chi connectivity index (χ3v) is 7.26. The number of para-hydroxylation sites is 1. The third kappa shape index (κ3) is 5.67. The van der Waals surface area contributed by atoms with Crippen molar-refractivity contribution in [3.63, 3.8) is 0 Å². The van der Waals surface area contributed by atoms with Crippen LogP contribution in [0.3, 0.4) is 0 Å². The zero-order valence-corrected chi connectivity index (χ0v) is 19.4. The zero-order chi connectivity index (χ0) is 24.9. The molecule has 0 aliphatic carbocycles. The van der Waals surface area contributed by atoms with E-state index in [9.17, 15) is 18.0 Å². The Kier molecular flexibility index (Phi) is 7.79. The van der Waals surface area contributed by atoms with E-state index in [1.54, 1.807) is 42.6 Å². The van der Waals surface area contributed by atoms with Crippen LogP contribution < -0.4 is 15.9 Å². The van der Waals surface area contributed by atoms with Crippen molar-refractivity contribution in [1.82, 2.24) is 4.31 Å². The number of aliphatic carboxylic acids is 1. The number of carbonyl (C=O) groups excluding carboxylic acids is 1. The average Bonchev–Trinajstić information content (AvgIpc) is 3.24. The van der Waals surface area contributed by atoms with Crippen molar-refractivity contribution >= 4 is 39.5 Å². The fraction of sp³-hybridized carbons (Fsp3) is 0.304. The number of carboxylic acid groups (broad SMARTS) is 1. The van der Waals surface area contributed by atoms with Gasteiger partial charge in [-0.3, -0.25) is 20.0 Å². The van der Waals surface area contributed by atoms with Crippen LogP contribution in [0, 0.1) is 5.92 Å². The summed E-state index contributed by atoms with van der Waals surface area (Å²) >= 11 is 0. The van der Waals surface area contributed by atoms with Gasteiger partial charge in [-0.2, -0.15) is 4.31 Å². The van der Waals surface area contributed by atoms with Crippen LogP contribution in [0.15, 0.2) is 58.4 Å². The Hall–Kier alpha value is -3.57. The highest BCUT2D eigenvalue weighted by atomic mass is 32.2.